The fourth-order valence-corrected chi connectivity index (χ4v) is 4.10. The molecule has 1 N–H and O–H groups in total. The Bertz CT molecular complexity index is 660. The van der Waals surface area contributed by atoms with Crippen LogP contribution in [0.15, 0.2) is 42.6 Å². The van der Waals surface area contributed by atoms with E-state index in [0.717, 1.165) is 6.42 Å². The van der Waals surface area contributed by atoms with E-state index in [4.69, 9.17) is 0 Å². The van der Waals surface area contributed by atoms with Gasteiger partial charge in [0.15, 0.2) is 0 Å². The molecular formula is C18H20N2. The lowest BCUT2D eigenvalue weighted by Crippen LogP contribution is -2.44. The molecule has 2 atom stereocenters. The Morgan fingerprint density at radius 1 is 1.15 bits per heavy atom. The summed E-state index contributed by atoms with van der Waals surface area (Å²) in [4.78, 5) is 4.68. The van der Waals surface area contributed by atoms with Crippen LogP contribution in [-0.2, 0) is 11.8 Å². The Balaban J connectivity index is 1.88. The molecule has 0 fully saturated rings. The van der Waals surface area contributed by atoms with Crippen molar-refractivity contribution in [3.05, 3.63) is 59.4 Å². The van der Waals surface area contributed by atoms with E-state index in [1.807, 2.05) is 6.20 Å². The third-order valence-corrected chi connectivity index (χ3v) is 5.21. The Morgan fingerprint density at radius 3 is 2.90 bits per heavy atom. The minimum atomic E-state index is 0.196. The zero-order chi connectivity index (χ0) is 13.7. The zero-order valence-corrected chi connectivity index (χ0v) is 12.1. The molecule has 102 valence electrons. The minimum Gasteiger partial charge on any atom is -0.376 e. The smallest absolute Gasteiger partial charge is 0.0724 e. The molecule has 1 aliphatic carbocycles. The number of anilines is 1. The number of fused-ring (bicyclic) bond motifs is 4. The van der Waals surface area contributed by atoms with Crippen molar-refractivity contribution < 1.29 is 0 Å². The second-order valence-electron chi connectivity index (χ2n) is 6.58. The molecule has 1 aromatic carbocycles. The number of hydrogen-bond acceptors (Lipinski definition) is 2. The highest BCUT2D eigenvalue weighted by atomic mass is 15.0. The van der Waals surface area contributed by atoms with E-state index in [-0.39, 0.29) is 5.41 Å². The van der Waals surface area contributed by atoms with Crippen LogP contribution >= 0.6 is 0 Å². The molecular weight excluding hydrogens is 244 g/mol. The van der Waals surface area contributed by atoms with Gasteiger partial charge >= 0.3 is 0 Å². The summed E-state index contributed by atoms with van der Waals surface area (Å²) >= 11 is 0. The second-order valence-corrected chi connectivity index (χ2v) is 6.58. The van der Waals surface area contributed by atoms with Gasteiger partial charge in [-0.25, -0.2) is 0 Å². The lowest BCUT2D eigenvalue weighted by Gasteiger charge is -2.48. The molecule has 0 radical (unpaired) electrons. The van der Waals surface area contributed by atoms with Crippen molar-refractivity contribution in [1.29, 1.82) is 0 Å². The van der Waals surface area contributed by atoms with Crippen LogP contribution in [-0.4, -0.2) is 4.98 Å². The number of hydrogen-bond donors (Lipinski definition) is 1. The highest BCUT2D eigenvalue weighted by Gasteiger charge is 2.45. The van der Waals surface area contributed by atoms with Crippen molar-refractivity contribution in [2.45, 2.75) is 38.1 Å². The van der Waals surface area contributed by atoms with E-state index in [1.165, 1.54) is 28.9 Å². The van der Waals surface area contributed by atoms with Crippen molar-refractivity contribution in [3.8, 4) is 0 Å². The number of rotatable bonds is 0. The summed E-state index contributed by atoms with van der Waals surface area (Å²) in [7, 11) is 0. The van der Waals surface area contributed by atoms with Gasteiger partial charge in [0.1, 0.15) is 0 Å². The standard InChI is InChI=1S/C18H20N2/c1-18(2)13-7-3-4-8-15(13)20-17-14(18)10-9-12-6-5-11-19-16(12)17/h3-8,11,14,17,20H,9-10H2,1-2H3/t14-,17-/m0/s1. The second kappa shape index (κ2) is 4.08. The molecule has 1 aliphatic heterocycles. The average Bonchev–Trinajstić information content (AvgIpc) is 2.47. The van der Waals surface area contributed by atoms with E-state index in [2.05, 4.69) is 60.5 Å². The fraction of sp³-hybridized carbons (Fsp3) is 0.389. The average molecular weight is 264 g/mol. The summed E-state index contributed by atoms with van der Waals surface area (Å²) < 4.78 is 0. The van der Waals surface area contributed by atoms with Gasteiger partial charge in [0, 0.05) is 11.9 Å². The molecule has 0 saturated heterocycles. The number of nitrogens with zero attached hydrogens (tertiary/aromatic N) is 1. The molecule has 0 spiro atoms. The summed E-state index contributed by atoms with van der Waals surface area (Å²) in [5, 5.41) is 3.75. The highest BCUT2D eigenvalue weighted by molar-refractivity contribution is 5.59. The number of aryl methyl sites for hydroxylation is 1. The minimum absolute atomic E-state index is 0.196. The van der Waals surface area contributed by atoms with Crippen LogP contribution in [0.5, 0.6) is 0 Å². The Hall–Kier alpha value is -1.83. The number of nitrogens with one attached hydrogen (secondary N) is 1. The normalized spacial score (nSPS) is 25.9. The molecule has 0 bridgehead atoms. The van der Waals surface area contributed by atoms with Crippen LogP contribution in [0.2, 0.25) is 0 Å². The third kappa shape index (κ3) is 1.54. The van der Waals surface area contributed by atoms with Crippen LogP contribution in [0.3, 0.4) is 0 Å². The summed E-state index contributed by atoms with van der Waals surface area (Å²) in [5.74, 6) is 0.611. The van der Waals surface area contributed by atoms with E-state index in [0.29, 0.717) is 12.0 Å². The van der Waals surface area contributed by atoms with Gasteiger partial charge in [-0.05, 0) is 47.4 Å². The highest BCUT2D eigenvalue weighted by Crippen LogP contribution is 2.51. The molecule has 2 aliphatic rings. The predicted molar refractivity (Wildman–Crippen MR) is 81.9 cm³/mol. The van der Waals surface area contributed by atoms with Crippen molar-refractivity contribution in [2.24, 2.45) is 5.92 Å². The fourth-order valence-electron chi connectivity index (χ4n) is 4.10. The molecule has 2 heteroatoms. The molecule has 2 aromatic rings. The van der Waals surface area contributed by atoms with Crippen LogP contribution in [0.25, 0.3) is 0 Å². The van der Waals surface area contributed by atoms with Crippen LogP contribution in [0.4, 0.5) is 5.69 Å². The maximum atomic E-state index is 4.68. The maximum Gasteiger partial charge on any atom is 0.0724 e. The monoisotopic (exact) mass is 264 g/mol. The molecule has 2 nitrogen and oxygen atoms in total. The molecule has 0 amide bonds. The van der Waals surface area contributed by atoms with E-state index >= 15 is 0 Å². The molecule has 20 heavy (non-hydrogen) atoms. The summed E-state index contributed by atoms with van der Waals surface area (Å²) in [5.41, 5.74) is 5.59. The first-order valence-electron chi connectivity index (χ1n) is 7.48. The van der Waals surface area contributed by atoms with Gasteiger partial charge in [-0.3, -0.25) is 4.98 Å². The number of aromatic nitrogens is 1. The van der Waals surface area contributed by atoms with Crippen molar-refractivity contribution >= 4 is 5.69 Å². The zero-order valence-electron chi connectivity index (χ0n) is 12.1. The lowest BCUT2D eigenvalue weighted by molar-refractivity contribution is 0.236. The summed E-state index contributed by atoms with van der Waals surface area (Å²) in [6, 6.07) is 13.4. The molecule has 1 aromatic heterocycles. The van der Waals surface area contributed by atoms with Gasteiger partial charge in [-0.15, -0.1) is 0 Å². The quantitative estimate of drug-likeness (QED) is 0.775. The van der Waals surface area contributed by atoms with Gasteiger partial charge in [0.05, 0.1) is 11.7 Å². The van der Waals surface area contributed by atoms with Crippen LogP contribution < -0.4 is 5.32 Å². The maximum absolute atomic E-state index is 4.68. The predicted octanol–water partition coefficient (Wildman–Crippen LogP) is 4.09. The summed E-state index contributed by atoms with van der Waals surface area (Å²) in [6.45, 7) is 4.77. The van der Waals surface area contributed by atoms with Gasteiger partial charge in [0.25, 0.3) is 0 Å². The molecule has 0 unspecified atom stereocenters. The first-order valence-corrected chi connectivity index (χ1v) is 7.48. The number of pyridine rings is 1. The van der Waals surface area contributed by atoms with Crippen LogP contribution in [0, 0.1) is 5.92 Å². The van der Waals surface area contributed by atoms with Crippen molar-refractivity contribution in [1.82, 2.24) is 4.98 Å². The Kier molecular flexibility index (Phi) is 2.44. The topological polar surface area (TPSA) is 24.9 Å². The summed E-state index contributed by atoms with van der Waals surface area (Å²) in [6.07, 6.45) is 4.31. The number of benzene rings is 1. The van der Waals surface area contributed by atoms with E-state index in [9.17, 15) is 0 Å². The van der Waals surface area contributed by atoms with Gasteiger partial charge in [-0.2, -0.15) is 0 Å². The van der Waals surface area contributed by atoms with Gasteiger partial charge < -0.3 is 5.32 Å². The van der Waals surface area contributed by atoms with E-state index < -0.39 is 0 Å². The van der Waals surface area contributed by atoms with Crippen molar-refractivity contribution in [3.63, 3.8) is 0 Å². The first kappa shape index (κ1) is 12.0. The third-order valence-electron chi connectivity index (χ3n) is 5.21. The van der Waals surface area contributed by atoms with Crippen LogP contribution in [0.1, 0.15) is 43.1 Å². The van der Waals surface area contributed by atoms with Gasteiger partial charge in [-0.1, -0.05) is 38.1 Å². The largest absolute Gasteiger partial charge is 0.376 e. The van der Waals surface area contributed by atoms with E-state index in [1.54, 1.807) is 0 Å². The molecule has 0 saturated carbocycles. The molecule has 4 rings (SSSR count). The lowest BCUT2D eigenvalue weighted by atomic mass is 9.62. The molecule has 2 heterocycles. The first-order chi connectivity index (χ1) is 9.68. The van der Waals surface area contributed by atoms with Gasteiger partial charge in [0.2, 0.25) is 0 Å². The number of para-hydroxylation sites is 1. The Morgan fingerprint density at radius 2 is 2.00 bits per heavy atom. The van der Waals surface area contributed by atoms with Crippen molar-refractivity contribution in [2.75, 3.05) is 5.32 Å². The Labute approximate surface area is 120 Å². The SMILES string of the molecule is CC1(C)c2ccccc2N[C@@H]2c3ncccc3CC[C@@H]21.